The van der Waals surface area contributed by atoms with Crippen LogP contribution >= 0.6 is 12.4 Å². The molecule has 7 heteroatoms. The smallest absolute Gasteiger partial charge is 0.241 e. The molecule has 106 valence electrons. The summed E-state index contributed by atoms with van der Waals surface area (Å²) in [6.07, 6.45) is 0. The topological polar surface area (TPSA) is 96.0 Å². The molecule has 19 heavy (non-hydrogen) atoms. The zero-order valence-corrected chi connectivity index (χ0v) is 12.7. The standard InChI is InChI=1S/C12H17N3O2S.ClH/c1-9-5-4-6-11(10(9)7-13)18(16,17)15-8-12(2,3)14;/h4-6,15H,8,14H2,1-3H3;1H. The maximum Gasteiger partial charge on any atom is 0.241 e. The van der Waals surface area contributed by atoms with Gasteiger partial charge in [0.25, 0.3) is 0 Å². The lowest BCUT2D eigenvalue weighted by atomic mass is 10.1. The van der Waals surface area contributed by atoms with Crippen LogP contribution in [0.1, 0.15) is 25.0 Å². The Kier molecular flexibility index (Phi) is 5.97. The van der Waals surface area contributed by atoms with Gasteiger partial charge in [-0.05, 0) is 32.4 Å². The predicted octanol–water partition coefficient (Wildman–Crippen LogP) is 1.30. The van der Waals surface area contributed by atoms with E-state index in [2.05, 4.69) is 4.72 Å². The van der Waals surface area contributed by atoms with Crippen LogP contribution < -0.4 is 10.5 Å². The summed E-state index contributed by atoms with van der Waals surface area (Å²) in [6, 6.07) is 6.64. The fraction of sp³-hybridized carbons (Fsp3) is 0.417. The molecular weight excluding hydrogens is 286 g/mol. The number of nitrogens with two attached hydrogens (primary N) is 1. The van der Waals surface area contributed by atoms with Gasteiger partial charge < -0.3 is 5.73 Å². The van der Waals surface area contributed by atoms with Gasteiger partial charge in [0.1, 0.15) is 6.07 Å². The molecule has 0 aliphatic carbocycles. The molecule has 0 bridgehead atoms. The summed E-state index contributed by atoms with van der Waals surface area (Å²) >= 11 is 0. The summed E-state index contributed by atoms with van der Waals surface area (Å²) in [7, 11) is -3.71. The van der Waals surface area contributed by atoms with Crippen LogP contribution in [0, 0.1) is 18.3 Å². The first-order valence-corrected chi connectivity index (χ1v) is 6.94. The van der Waals surface area contributed by atoms with Gasteiger partial charge in [0.2, 0.25) is 10.0 Å². The van der Waals surface area contributed by atoms with Crippen molar-refractivity contribution in [2.45, 2.75) is 31.2 Å². The first kappa shape index (κ1) is 17.9. The molecule has 1 rings (SSSR count). The number of hydrogen-bond acceptors (Lipinski definition) is 4. The molecule has 5 nitrogen and oxygen atoms in total. The molecule has 0 heterocycles. The lowest BCUT2D eigenvalue weighted by Gasteiger charge is -2.19. The molecule has 0 aliphatic rings. The van der Waals surface area contributed by atoms with Gasteiger partial charge in [0.05, 0.1) is 10.5 Å². The van der Waals surface area contributed by atoms with Crippen LogP contribution in [0.3, 0.4) is 0 Å². The van der Waals surface area contributed by atoms with Gasteiger partial charge in [0, 0.05) is 12.1 Å². The van der Waals surface area contributed by atoms with Crippen molar-refractivity contribution < 1.29 is 8.42 Å². The van der Waals surface area contributed by atoms with Gasteiger partial charge in [-0.3, -0.25) is 0 Å². The van der Waals surface area contributed by atoms with Crippen molar-refractivity contribution in [3.05, 3.63) is 29.3 Å². The Morgan fingerprint density at radius 1 is 1.42 bits per heavy atom. The predicted molar refractivity (Wildman–Crippen MR) is 76.6 cm³/mol. The van der Waals surface area contributed by atoms with E-state index in [-0.39, 0.29) is 29.4 Å². The fourth-order valence-corrected chi connectivity index (χ4v) is 2.82. The molecule has 0 aliphatic heterocycles. The highest BCUT2D eigenvalue weighted by atomic mass is 35.5. The SMILES string of the molecule is Cc1cccc(S(=O)(=O)NCC(C)(C)N)c1C#N.Cl. The Morgan fingerprint density at radius 2 is 2.00 bits per heavy atom. The van der Waals surface area contributed by atoms with Crippen molar-refractivity contribution in [2.24, 2.45) is 5.73 Å². The number of nitrogens with zero attached hydrogens (tertiary/aromatic N) is 1. The Balaban J connectivity index is 0.00000324. The highest BCUT2D eigenvalue weighted by Gasteiger charge is 2.22. The maximum absolute atomic E-state index is 12.1. The number of rotatable bonds is 4. The number of aryl methyl sites for hydroxylation is 1. The van der Waals surface area contributed by atoms with Gasteiger partial charge in [-0.25, -0.2) is 13.1 Å². The van der Waals surface area contributed by atoms with E-state index in [1.807, 2.05) is 6.07 Å². The van der Waals surface area contributed by atoms with E-state index >= 15 is 0 Å². The van der Waals surface area contributed by atoms with Gasteiger partial charge >= 0.3 is 0 Å². The summed E-state index contributed by atoms with van der Waals surface area (Å²) in [6.45, 7) is 5.24. The molecule has 1 aromatic carbocycles. The van der Waals surface area contributed by atoms with Crippen LogP contribution in [-0.2, 0) is 10.0 Å². The second-order valence-corrected chi connectivity index (χ2v) is 6.61. The summed E-state index contributed by atoms with van der Waals surface area (Å²) in [5.74, 6) is 0. The second-order valence-electron chi connectivity index (χ2n) is 4.87. The van der Waals surface area contributed by atoms with Crippen molar-refractivity contribution in [3.8, 4) is 6.07 Å². The third-order valence-electron chi connectivity index (χ3n) is 2.35. The van der Waals surface area contributed by atoms with Crippen LogP contribution in [0.15, 0.2) is 23.1 Å². The molecule has 0 aromatic heterocycles. The summed E-state index contributed by atoms with van der Waals surface area (Å²) in [5.41, 5.74) is 5.88. The first-order valence-electron chi connectivity index (χ1n) is 5.45. The summed E-state index contributed by atoms with van der Waals surface area (Å²) < 4.78 is 26.6. The minimum atomic E-state index is -3.71. The van der Waals surface area contributed by atoms with E-state index in [0.717, 1.165) is 0 Å². The first-order chi connectivity index (χ1) is 8.17. The highest BCUT2D eigenvalue weighted by Crippen LogP contribution is 2.18. The van der Waals surface area contributed by atoms with Crippen molar-refractivity contribution in [2.75, 3.05) is 6.54 Å². The van der Waals surface area contributed by atoms with E-state index in [1.54, 1.807) is 32.9 Å². The van der Waals surface area contributed by atoms with Crippen LogP contribution in [0.5, 0.6) is 0 Å². The molecule has 0 saturated carbocycles. The summed E-state index contributed by atoms with van der Waals surface area (Å²) in [4.78, 5) is -0.00532. The van der Waals surface area contributed by atoms with Crippen LogP contribution in [0.4, 0.5) is 0 Å². The van der Waals surface area contributed by atoms with Crippen molar-refractivity contribution in [3.63, 3.8) is 0 Å². The molecule has 1 aromatic rings. The highest BCUT2D eigenvalue weighted by molar-refractivity contribution is 7.89. The van der Waals surface area contributed by atoms with E-state index < -0.39 is 15.6 Å². The number of hydrogen-bond donors (Lipinski definition) is 2. The lowest BCUT2D eigenvalue weighted by Crippen LogP contribution is -2.45. The Bertz CT molecular complexity index is 586. The van der Waals surface area contributed by atoms with Crippen LogP contribution in [0.25, 0.3) is 0 Å². The molecule has 0 fully saturated rings. The molecule has 0 atom stereocenters. The largest absolute Gasteiger partial charge is 0.324 e. The van der Waals surface area contributed by atoms with Crippen molar-refractivity contribution in [1.82, 2.24) is 4.72 Å². The minimum Gasteiger partial charge on any atom is -0.324 e. The van der Waals surface area contributed by atoms with Crippen LogP contribution in [-0.4, -0.2) is 20.5 Å². The number of halogens is 1. The Morgan fingerprint density at radius 3 is 2.47 bits per heavy atom. The monoisotopic (exact) mass is 303 g/mol. The van der Waals surface area contributed by atoms with E-state index in [1.165, 1.54) is 6.07 Å². The van der Waals surface area contributed by atoms with E-state index in [0.29, 0.717) is 5.56 Å². The average molecular weight is 304 g/mol. The number of benzene rings is 1. The zero-order valence-electron chi connectivity index (χ0n) is 11.1. The molecule has 0 spiro atoms. The molecule has 0 unspecified atom stereocenters. The average Bonchev–Trinajstić information content (AvgIpc) is 2.25. The van der Waals surface area contributed by atoms with E-state index in [9.17, 15) is 8.42 Å². The molecule has 0 saturated heterocycles. The molecule has 0 radical (unpaired) electrons. The van der Waals surface area contributed by atoms with Gasteiger partial charge in [-0.2, -0.15) is 5.26 Å². The zero-order chi connectivity index (χ0) is 14.0. The minimum absolute atomic E-state index is 0. The Hall–Kier alpha value is -1.13. The molecule has 0 amide bonds. The van der Waals surface area contributed by atoms with Crippen molar-refractivity contribution in [1.29, 1.82) is 5.26 Å². The van der Waals surface area contributed by atoms with E-state index in [4.69, 9.17) is 11.0 Å². The molecular formula is C12H18ClN3O2S. The third kappa shape index (κ3) is 4.80. The normalized spacial score (nSPS) is 11.5. The van der Waals surface area contributed by atoms with Crippen LogP contribution in [0.2, 0.25) is 0 Å². The fourth-order valence-electron chi connectivity index (χ4n) is 1.37. The lowest BCUT2D eigenvalue weighted by molar-refractivity contribution is 0.498. The second kappa shape index (κ2) is 6.35. The van der Waals surface area contributed by atoms with Gasteiger partial charge in [-0.15, -0.1) is 12.4 Å². The Labute approximate surface area is 120 Å². The molecule has 3 N–H and O–H groups in total. The number of nitriles is 1. The van der Waals surface area contributed by atoms with Crippen molar-refractivity contribution >= 4 is 22.4 Å². The summed E-state index contributed by atoms with van der Waals surface area (Å²) in [5, 5.41) is 9.02. The van der Waals surface area contributed by atoms with Gasteiger partial charge in [0.15, 0.2) is 0 Å². The number of sulfonamides is 1. The quantitative estimate of drug-likeness (QED) is 0.876. The van der Waals surface area contributed by atoms with Gasteiger partial charge in [-0.1, -0.05) is 12.1 Å². The number of nitrogens with one attached hydrogen (secondary N) is 1. The maximum atomic E-state index is 12.1. The third-order valence-corrected chi connectivity index (χ3v) is 3.80.